The Kier molecular flexibility index (Phi) is 4.86. The largest absolute Gasteiger partial charge is 0.473 e. The summed E-state index contributed by atoms with van der Waals surface area (Å²) in [6, 6.07) is 9.39. The van der Waals surface area contributed by atoms with E-state index >= 15 is 0 Å². The average molecular weight is 328 g/mol. The fourth-order valence-corrected chi connectivity index (χ4v) is 3.54. The van der Waals surface area contributed by atoms with Crippen molar-refractivity contribution < 1.29 is 9.53 Å². The maximum absolute atomic E-state index is 12.3. The molecule has 0 saturated carbocycles. The molecule has 1 aliphatic rings. The second-order valence-corrected chi connectivity index (χ2v) is 6.84. The molecular weight excluding hydrogens is 308 g/mol. The first kappa shape index (κ1) is 15.9. The number of thioether (sulfide) groups is 1. The monoisotopic (exact) mass is 328 g/mol. The van der Waals surface area contributed by atoms with Gasteiger partial charge in [0.05, 0.1) is 5.56 Å². The second-order valence-electron chi connectivity index (χ2n) is 5.69. The van der Waals surface area contributed by atoms with Gasteiger partial charge in [-0.25, -0.2) is 4.98 Å². The Morgan fingerprint density at radius 1 is 1.30 bits per heavy atom. The van der Waals surface area contributed by atoms with Crippen molar-refractivity contribution in [3.05, 3.63) is 53.2 Å². The van der Waals surface area contributed by atoms with Crippen LogP contribution in [0.15, 0.2) is 36.5 Å². The van der Waals surface area contributed by atoms with E-state index in [9.17, 15) is 4.79 Å². The number of anilines is 1. The van der Waals surface area contributed by atoms with Crippen molar-refractivity contribution in [3.8, 4) is 5.88 Å². The molecule has 1 unspecified atom stereocenters. The number of nitrogens with zero attached hydrogens (tertiary/aromatic N) is 1. The third kappa shape index (κ3) is 3.85. The van der Waals surface area contributed by atoms with Crippen molar-refractivity contribution >= 4 is 23.4 Å². The fourth-order valence-electron chi connectivity index (χ4n) is 2.44. The number of benzene rings is 1. The van der Waals surface area contributed by atoms with E-state index in [1.54, 1.807) is 18.3 Å². The van der Waals surface area contributed by atoms with Crippen molar-refractivity contribution in [2.24, 2.45) is 0 Å². The molecular formula is C18H20N2O2S. The topological polar surface area (TPSA) is 51.2 Å². The number of ether oxygens (including phenoxy) is 1. The van der Waals surface area contributed by atoms with Gasteiger partial charge in [-0.1, -0.05) is 12.1 Å². The number of carbonyl (C=O) groups is 1. The van der Waals surface area contributed by atoms with Crippen LogP contribution in [0.4, 0.5) is 5.69 Å². The highest BCUT2D eigenvalue weighted by Gasteiger charge is 2.17. The molecule has 0 bridgehead atoms. The zero-order valence-corrected chi connectivity index (χ0v) is 14.2. The number of pyridine rings is 1. The van der Waals surface area contributed by atoms with Crippen molar-refractivity contribution in [1.82, 2.24) is 4.98 Å². The molecule has 0 spiro atoms. The maximum Gasteiger partial charge on any atom is 0.257 e. The second kappa shape index (κ2) is 7.04. The van der Waals surface area contributed by atoms with Crippen LogP contribution in [0.3, 0.4) is 0 Å². The van der Waals surface area contributed by atoms with E-state index in [1.807, 2.05) is 43.8 Å². The lowest BCUT2D eigenvalue weighted by Gasteiger charge is -2.12. The van der Waals surface area contributed by atoms with E-state index in [0.29, 0.717) is 11.4 Å². The number of nitrogens with one attached hydrogen (secondary N) is 1. The van der Waals surface area contributed by atoms with E-state index < -0.39 is 0 Å². The minimum atomic E-state index is -0.158. The lowest BCUT2D eigenvalue weighted by atomic mass is 10.1. The van der Waals surface area contributed by atoms with Crippen LogP contribution < -0.4 is 10.1 Å². The molecule has 120 valence electrons. The number of amides is 1. The summed E-state index contributed by atoms with van der Waals surface area (Å²) in [5.41, 5.74) is 3.59. The van der Waals surface area contributed by atoms with E-state index in [0.717, 1.165) is 34.7 Å². The number of hydrogen-bond donors (Lipinski definition) is 1. The summed E-state index contributed by atoms with van der Waals surface area (Å²) in [5, 5.41) is 2.94. The van der Waals surface area contributed by atoms with Crippen LogP contribution in [-0.2, 0) is 0 Å². The Hall–Kier alpha value is -2.01. The Labute approximate surface area is 140 Å². The van der Waals surface area contributed by atoms with Crippen LogP contribution in [0, 0.1) is 13.8 Å². The van der Waals surface area contributed by atoms with Gasteiger partial charge in [0.15, 0.2) is 0 Å². The molecule has 1 aromatic heterocycles. The Balaban J connectivity index is 1.66. The van der Waals surface area contributed by atoms with E-state index in [2.05, 4.69) is 10.3 Å². The summed E-state index contributed by atoms with van der Waals surface area (Å²) in [7, 11) is 0. The van der Waals surface area contributed by atoms with Gasteiger partial charge < -0.3 is 10.1 Å². The van der Waals surface area contributed by atoms with Gasteiger partial charge in [0.2, 0.25) is 5.88 Å². The van der Waals surface area contributed by atoms with Gasteiger partial charge in [-0.2, -0.15) is 11.8 Å². The molecule has 2 heterocycles. The highest BCUT2D eigenvalue weighted by molar-refractivity contribution is 7.99. The SMILES string of the molecule is Cc1cccc(NC(=O)c2ccc(OC3CCSC3)nc2)c1C. The van der Waals surface area contributed by atoms with E-state index in [1.165, 1.54) is 0 Å². The molecule has 0 aliphatic carbocycles. The minimum absolute atomic E-state index is 0.158. The molecule has 3 rings (SSSR count). The number of aromatic nitrogens is 1. The third-order valence-corrected chi connectivity index (χ3v) is 5.16. The van der Waals surface area contributed by atoms with Crippen LogP contribution >= 0.6 is 11.8 Å². The van der Waals surface area contributed by atoms with Gasteiger partial charge in [-0.15, -0.1) is 0 Å². The molecule has 5 heteroatoms. The first-order valence-electron chi connectivity index (χ1n) is 7.71. The standard InChI is InChI=1S/C18H20N2O2S/c1-12-4-3-5-16(13(12)2)20-18(21)14-6-7-17(19-10-14)22-15-8-9-23-11-15/h3-7,10,15H,8-9,11H2,1-2H3,(H,20,21). The molecule has 23 heavy (non-hydrogen) atoms. The van der Waals surface area contributed by atoms with Gasteiger partial charge >= 0.3 is 0 Å². The van der Waals surface area contributed by atoms with E-state index in [-0.39, 0.29) is 12.0 Å². The van der Waals surface area contributed by atoms with Crippen molar-refractivity contribution in [2.75, 3.05) is 16.8 Å². The predicted octanol–water partition coefficient (Wildman–Crippen LogP) is 3.84. The van der Waals surface area contributed by atoms with Gasteiger partial charge in [0, 0.05) is 23.7 Å². The van der Waals surface area contributed by atoms with Crippen LogP contribution in [0.1, 0.15) is 27.9 Å². The molecule has 4 nitrogen and oxygen atoms in total. The Bertz CT molecular complexity index is 695. The average Bonchev–Trinajstić information content (AvgIpc) is 3.05. The molecule has 1 fully saturated rings. The molecule has 1 atom stereocenters. The summed E-state index contributed by atoms with van der Waals surface area (Å²) in [6.07, 6.45) is 2.86. The number of aryl methyl sites for hydroxylation is 1. The molecule has 1 aromatic carbocycles. The first-order valence-corrected chi connectivity index (χ1v) is 8.87. The molecule has 1 N–H and O–H groups in total. The Morgan fingerprint density at radius 3 is 2.87 bits per heavy atom. The van der Waals surface area contributed by atoms with Crippen LogP contribution in [0.5, 0.6) is 5.88 Å². The first-order chi connectivity index (χ1) is 11.1. The van der Waals surface area contributed by atoms with Crippen LogP contribution in [-0.4, -0.2) is 28.5 Å². The normalized spacial score (nSPS) is 17.0. The summed E-state index contributed by atoms with van der Waals surface area (Å²) in [5.74, 6) is 2.58. The number of hydrogen-bond acceptors (Lipinski definition) is 4. The summed E-state index contributed by atoms with van der Waals surface area (Å²) >= 11 is 1.90. The van der Waals surface area contributed by atoms with Gasteiger partial charge in [-0.3, -0.25) is 4.79 Å². The number of carbonyl (C=O) groups excluding carboxylic acids is 1. The summed E-state index contributed by atoms with van der Waals surface area (Å²) in [4.78, 5) is 16.6. The van der Waals surface area contributed by atoms with Crippen molar-refractivity contribution in [1.29, 1.82) is 0 Å². The van der Waals surface area contributed by atoms with E-state index in [4.69, 9.17) is 4.74 Å². The Morgan fingerprint density at radius 2 is 2.17 bits per heavy atom. The highest BCUT2D eigenvalue weighted by Crippen LogP contribution is 2.22. The zero-order chi connectivity index (χ0) is 16.2. The fraction of sp³-hybridized carbons (Fsp3) is 0.333. The quantitative estimate of drug-likeness (QED) is 0.926. The van der Waals surface area contributed by atoms with Gasteiger partial charge in [0.25, 0.3) is 5.91 Å². The maximum atomic E-state index is 12.3. The van der Waals surface area contributed by atoms with Crippen molar-refractivity contribution in [3.63, 3.8) is 0 Å². The number of rotatable bonds is 4. The van der Waals surface area contributed by atoms with Crippen LogP contribution in [0.2, 0.25) is 0 Å². The lowest BCUT2D eigenvalue weighted by molar-refractivity contribution is 0.102. The molecule has 1 aliphatic heterocycles. The van der Waals surface area contributed by atoms with Gasteiger partial charge in [-0.05, 0) is 49.3 Å². The molecule has 2 aromatic rings. The molecule has 1 saturated heterocycles. The summed E-state index contributed by atoms with van der Waals surface area (Å²) < 4.78 is 5.80. The summed E-state index contributed by atoms with van der Waals surface area (Å²) in [6.45, 7) is 4.03. The zero-order valence-electron chi connectivity index (χ0n) is 13.3. The van der Waals surface area contributed by atoms with Gasteiger partial charge in [0.1, 0.15) is 6.10 Å². The smallest absolute Gasteiger partial charge is 0.257 e. The molecule has 0 radical (unpaired) electrons. The molecule has 1 amide bonds. The highest BCUT2D eigenvalue weighted by atomic mass is 32.2. The third-order valence-electron chi connectivity index (χ3n) is 4.03. The lowest BCUT2D eigenvalue weighted by Crippen LogP contribution is -2.16. The van der Waals surface area contributed by atoms with Crippen molar-refractivity contribution in [2.45, 2.75) is 26.4 Å². The van der Waals surface area contributed by atoms with Crippen LogP contribution in [0.25, 0.3) is 0 Å². The predicted molar refractivity (Wildman–Crippen MR) is 94.5 cm³/mol. The minimum Gasteiger partial charge on any atom is -0.473 e.